The molecular weight excluding hydrogens is 332 g/mol. The van der Waals surface area contributed by atoms with Crippen molar-refractivity contribution in [2.45, 2.75) is 13.5 Å². The molecule has 0 aliphatic carbocycles. The number of aromatic nitrogens is 1. The van der Waals surface area contributed by atoms with Crippen LogP contribution in [0, 0.1) is 0 Å². The molecule has 134 valence electrons. The average molecular weight is 352 g/mol. The summed E-state index contributed by atoms with van der Waals surface area (Å²) < 4.78 is 12.0. The molecule has 3 rings (SSSR count). The van der Waals surface area contributed by atoms with E-state index in [1.54, 1.807) is 61.8 Å². The van der Waals surface area contributed by atoms with Crippen molar-refractivity contribution in [3.8, 4) is 11.5 Å². The van der Waals surface area contributed by atoms with Gasteiger partial charge in [-0.3, -0.25) is 9.59 Å². The third-order valence-electron chi connectivity index (χ3n) is 3.96. The molecule has 0 aliphatic rings. The lowest BCUT2D eigenvalue weighted by Gasteiger charge is -2.10. The van der Waals surface area contributed by atoms with Crippen LogP contribution in [0.3, 0.4) is 0 Å². The highest BCUT2D eigenvalue weighted by Gasteiger charge is 2.10. The molecule has 1 amide bonds. The maximum Gasteiger partial charge on any atom is 0.259 e. The first kappa shape index (κ1) is 17.5. The van der Waals surface area contributed by atoms with Gasteiger partial charge in [-0.1, -0.05) is 6.07 Å². The number of carbonyl (C=O) groups excluding carboxylic acids is 1. The molecule has 0 bridgehead atoms. The molecule has 0 fully saturated rings. The summed E-state index contributed by atoms with van der Waals surface area (Å²) in [5.74, 6) is 1.09. The first-order chi connectivity index (χ1) is 12.6. The molecule has 0 spiro atoms. The van der Waals surface area contributed by atoms with E-state index in [4.69, 9.17) is 9.47 Å². The zero-order chi connectivity index (χ0) is 18.5. The number of ether oxygens (including phenoxy) is 2. The van der Waals surface area contributed by atoms with Crippen molar-refractivity contribution < 1.29 is 14.3 Å². The minimum absolute atomic E-state index is 0.0702. The topological polar surface area (TPSA) is 69.6 Å². The molecule has 0 unspecified atom stereocenters. The molecule has 26 heavy (non-hydrogen) atoms. The second-order valence-electron chi connectivity index (χ2n) is 5.68. The Kier molecular flexibility index (Phi) is 5.22. The molecule has 2 aromatic carbocycles. The number of benzene rings is 2. The Balaban J connectivity index is 1.77. The summed E-state index contributed by atoms with van der Waals surface area (Å²) in [6, 6.07) is 14.1. The SMILES string of the molecule is CCOc1ccc(NC(=O)Cn2ccc3c(OC)cccc3c2=O)cc1. The summed E-state index contributed by atoms with van der Waals surface area (Å²) in [4.78, 5) is 24.9. The van der Waals surface area contributed by atoms with E-state index in [2.05, 4.69) is 5.32 Å². The Morgan fingerprint density at radius 1 is 1.08 bits per heavy atom. The van der Waals surface area contributed by atoms with Gasteiger partial charge in [-0.2, -0.15) is 0 Å². The van der Waals surface area contributed by atoms with Gasteiger partial charge in [0.05, 0.1) is 19.1 Å². The second kappa shape index (κ2) is 7.74. The Bertz CT molecular complexity index is 977. The van der Waals surface area contributed by atoms with Gasteiger partial charge in [-0.05, 0) is 49.4 Å². The number of hydrogen-bond donors (Lipinski definition) is 1. The van der Waals surface area contributed by atoms with Crippen molar-refractivity contribution in [1.82, 2.24) is 4.57 Å². The first-order valence-electron chi connectivity index (χ1n) is 8.31. The van der Waals surface area contributed by atoms with Crippen LogP contribution in [0.1, 0.15) is 6.92 Å². The highest BCUT2D eigenvalue weighted by atomic mass is 16.5. The van der Waals surface area contributed by atoms with Crippen LogP contribution < -0.4 is 20.3 Å². The number of rotatable bonds is 6. The Labute approximate surface area is 151 Å². The first-order valence-corrected chi connectivity index (χ1v) is 8.31. The van der Waals surface area contributed by atoms with Gasteiger partial charge in [0.15, 0.2) is 0 Å². The standard InChI is InChI=1S/C20H20N2O4/c1-3-26-15-9-7-14(8-10-15)21-19(23)13-22-12-11-16-17(20(22)24)5-4-6-18(16)25-2/h4-12H,3,13H2,1-2H3,(H,21,23). The molecule has 6 nitrogen and oxygen atoms in total. The van der Waals surface area contributed by atoms with Gasteiger partial charge in [0, 0.05) is 17.3 Å². The predicted molar refractivity (Wildman–Crippen MR) is 101 cm³/mol. The minimum Gasteiger partial charge on any atom is -0.496 e. The smallest absolute Gasteiger partial charge is 0.259 e. The van der Waals surface area contributed by atoms with Crippen LogP contribution >= 0.6 is 0 Å². The maximum atomic E-state index is 12.6. The van der Waals surface area contributed by atoms with E-state index in [-0.39, 0.29) is 18.0 Å². The van der Waals surface area contributed by atoms with Gasteiger partial charge in [0.25, 0.3) is 5.56 Å². The molecule has 0 aliphatic heterocycles. The van der Waals surface area contributed by atoms with Gasteiger partial charge < -0.3 is 19.4 Å². The van der Waals surface area contributed by atoms with Crippen LogP contribution in [0.2, 0.25) is 0 Å². The number of nitrogens with one attached hydrogen (secondary N) is 1. The lowest BCUT2D eigenvalue weighted by molar-refractivity contribution is -0.116. The van der Waals surface area contributed by atoms with Crippen molar-refractivity contribution in [1.29, 1.82) is 0 Å². The highest BCUT2D eigenvalue weighted by molar-refractivity contribution is 5.91. The molecule has 0 radical (unpaired) electrons. The summed E-state index contributed by atoms with van der Waals surface area (Å²) in [5, 5.41) is 4.02. The van der Waals surface area contributed by atoms with Crippen molar-refractivity contribution in [3.05, 3.63) is 65.1 Å². The van der Waals surface area contributed by atoms with Crippen molar-refractivity contribution in [2.75, 3.05) is 19.0 Å². The summed E-state index contributed by atoms with van der Waals surface area (Å²) in [5.41, 5.74) is 0.414. The summed E-state index contributed by atoms with van der Waals surface area (Å²) in [6.07, 6.45) is 1.60. The van der Waals surface area contributed by atoms with Crippen LogP contribution in [0.5, 0.6) is 11.5 Å². The Morgan fingerprint density at radius 2 is 1.85 bits per heavy atom. The number of hydrogen-bond acceptors (Lipinski definition) is 4. The Morgan fingerprint density at radius 3 is 2.54 bits per heavy atom. The number of pyridine rings is 1. The Hall–Kier alpha value is -3.28. The fraction of sp³-hybridized carbons (Fsp3) is 0.200. The van der Waals surface area contributed by atoms with Crippen LogP contribution in [0.4, 0.5) is 5.69 Å². The van der Waals surface area contributed by atoms with Crippen molar-refractivity contribution >= 4 is 22.4 Å². The molecule has 3 aromatic rings. The fourth-order valence-electron chi connectivity index (χ4n) is 2.75. The number of nitrogens with zero attached hydrogens (tertiary/aromatic N) is 1. The normalized spacial score (nSPS) is 10.5. The van der Waals surface area contributed by atoms with E-state index in [0.717, 1.165) is 11.1 Å². The summed E-state index contributed by atoms with van der Waals surface area (Å²) in [7, 11) is 1.56. The molecule has 0 saturated carbocycles. The average Bonchev–Trinajstić information content (AvgIpc) is 2.65. The van der Waals surface area contributed by atoms with Crippen LogP contribution in [-0.4, -0.2) is 24.2 Å². The molecule has 6 heteroatoms. The second-order valence-corrected chi connectivity index (χ2v) is 5.68. The van der Waals surface area contributed by atoms with E-state index in [0.29, 0.717) is 23.4 Å². The van der Waals surface area contributed by atoms with Crippen LogP contribution in [0.25, 0.3) is 10.8 Å². The van der Waals surface area contributed by atoms with E-state index < -0.39 is 0 Å². The minimum atomic E-state index is -0.279. The van der Waals surface area contributed by atoms with E-state index >= 15 is 0 Å². The molecule has 1 heterocycles. The van der Waals surface area contributed by atoms with Gasteiger partial charge in [-0.25, -0.2) is 0 Å². The predicted octanol–water partition coefficient (Wildman–Crippen LogP) is 3.05. The third kappa shape index (κ3) is 3.69. The molecular formula is C20H20N2O4. The largest absolute Gasteiger partial charge is 0.496 e. The monoisotopic (exact) mass is 352 g/mol. The molecule has 1 aromatic heterocycles. The van der Waals surface area contributed by atoms with E-state index in [1.807, 2.05) is 6.92 Å². The lowest BCUT2D eigenvalue weighted by Crippen LogP contribution is -2.27. The van der Waals surface area contributed by atoms with Gasteiger partial charge in [0.2, 0.25) is 5.91 Å². The lowest BCUT2D eigenvalue weighted by atomic mass is 10.1. The third-order valence-corrected chi connectivity index (χ3v) is 3.96. The maximum absolute atomic E-state index is 12.6. The summed E-state index contributed by atoms with van der Waals surface area (Å²) >= 11 is 0. The zero-order valence-electron chi connectivity index (χ0n) is 14.7. The van der Waals surface area contributed by atoms with Gasteiger partial charge >= 0.3 is 0 Å². The van der Waals surface area contributed by atoms with Crippen molar-refractivity contribution in [2.24, 2.45) is 0 Å². The van der Waals surface area contributed by atoms with Gasteiger partial charge in [-0.15, -0.1) is 0 Å². The number of fused-ring (bicyclic) bond motifs is 1. The van der Waals surface area contributed by atoms with Crippen LogP contribution in [-0.2, 0) is 11.3 Å². The highest BCUT2D eigenvalue weighted by Crippen LogP contribution is 2.22. The summed E-state index contributed by atoms with van der Waals surface area (Å²) in [6.45, 7) is 2.42. The molecule has 0 atom stereocenters. The van der Waals surface area contributed by atoms with E-state index in [1.165, 1.54) is 4.57 Å². The van der Waals surface area contributed by atoms with Crippen molar-refractivity contribution in [3.63, 3.8) is 0 Å². The van der Waals surface area contributed by atoms with Crippen LogP contribution in [0.15, 0.2) is 59.5 Å². The van der Waals surface area contributed by atoms with E-state index in [9.17, 15) is 9.59 Å². The number of carbonyl (C=O) groups is 1. The fourth-order valence-corrected chi connectivity index (χ4v) is 2.75. The quantitative estimate of drug-likeness (QED) is 0.740. The molecule has 0 saturated heterocycles. The number of methoxy groups -OCH3 is 1. The van der Waals surface area contributed by atoms with Gasteiger partial charge in [0.1, 0.15) is 18.0 Å². The molecule has 1 N–H and O–H groups in total. The number of amides is 1. The zero-order valence-corrected chi connectivity index (χ0v) is 14.7. The number of anilines is 1.